The average Bonchev–Trinajstić information content (AvgIpc) is 2.28. The van der Waals surface area contributed by atoms with E-state index < -0.39 is 34.8 Å². The molecule has 1 fully saturated rings. The summed E-state index contributed by atoms with van der Waals surface area (Å²) in [5, 5.41) is 9.39. The molecule has 0 aromatic carbocycles. The fourth-order valence-corrected chi connectivity index (χ4v) is 3.50. The molecule has 1 atom stereocenters. The third-order valence-corrected chi connectivity index (χ3v) is 4.78. The van der Waals surface area contributed by atoms with Crippen molar-refractivity contribution in [1.29, 1.82) is 0 Å². The van der Waals surface area contributed by atoms with Crippen LogP contribution in [0.2, 0.25) is 0 Å². The van der Waals surface area contributed by atoms with Gasteiger partial charge in [-0.15, -0.1) is 0 Å². The molecule has 1 saturated heterocycles. The maximum Gasteiger partial charge on any atom is 0.482 e. The first-order valence-corrected chi connectivity index (χ1v) is 7.72. The highest BCUT2D eigenvalue weighted by Gasteiger charge is 2.59. The summed E-state index contributed by atoms with van der Waals surface area (Å²) in [5.41, 5.74) is 0. The Balaban J connectivity index is 2.36. The number of sulfone groups is 1. The molecule has 0 aromatic heterocycles. The maximum atomic E-state index is 12.4. The van der Waals surface area contributed by atoms with Crippen molar-refractivity contribution < 1.29 is 40.2 Å². The molecule has 1 rings (SSSR count). The number of aliphatic hydroxyl groups excluding tert-OH is 1. The second kappa shape index (κ2) is 6.10. The Morgan fingerprint density at radius 3 is 2.10 bits per heavy atom. The minimum Gasteiger partial charge on any atom is -0.391 e. The topological polar surface area (TPSA) is 63.6 Å². The Morgan fingerprint density at radius 1 is 1.15 bits per heavy atom. The summed E-state index contributed by atoms with van der Waals surface area (Å²) < 4.78 is 86.0. The molecule has 1 aliphatic rings. The lowest BCUT2D eigenvalue weighted by Gasteiger charge is -2.25. The molecule has 0 saturated carbocycles. The molecule has 0 bridgehead atoms. The number of aliphatic hydroxyl groups is 1. The molecule has 0 aromatic rings. The fourth-order valence-electron chi connectivity index (χ4n) is 1.91. The van der Waals surface area contributed by atoms with E-state index in [1.165, 1.54) is 0 Å². The first-order chi connectivity index (χ1) is 8.93. The average molecular weight is 326 g/mol. The van der Waals surface area contributed by atoms with Gasteiger partial charge in [0, 0.05) is 0 Å². The van der Waals surface area contributed by atoms with Crippen LogP contribution in [0.1, 0.15) is 19.3 Å². The molecule has 1 aliphatic heterocycles. The summed E-state index contributed by atoms with van der Waals surface area (Å²) in [6.07, 6.45) is -12.2. The van der Waals surface area contributed by atoms with Crippen LogP contribution in [0.5, 0.6) is 0 Å². The molecule has 20 heavy (non-hydrogen) atoms. The van der Waals surface area contributed by atoms with Crippen molar-refractivity contribution in [2.75, 3.05) is 18.1 Å². The van der Waals surface area contributed by atoms with E-state index in [0.29, 0.717) is 0 Å². The number of alkyl halides is 5. The highest BCUT2D eigenvalue weighted by Crippen LogP contribution is 2.36. The van der Waals surface area contributed by atoms with Crippen LogP contribution in [0, 0.1) is 5.92 Å². The first kappa shape index (κ1) is 17.6. The van der Waals surface area contributed by atoms with Gasteiger partial charge in [-0.3, -0.25) is 0 Å². The van der Waals surface area contributed by atoms with Gasteiger partial charge in [0.05, 0.1) is 24.2 Å². The van der Waals surface area contributed by atoms with Crippen molar-refractivity contribution in [3.63, 3.8) is 0 Å². The molecule has 0 radical (unpaired) electrons. The summed E-state index contributed by atoms with van der Waals surface area (Å²) in [6.45, 7) is -1.16. The summed E-state index contributed by atoms with van der Waals surface area (Å²) in [6, 6.07) is 0. The highest BCUT2D eigenvalue weighted by atomic mass is 32.2. The number of hydrogen-bond donors (Lipinski definition) is 1. The van der Waals surface area contributed by atoms with E-state index in [1.54, 1.807) is 0 Å². The van der Waals surface area contributed by atoms with Gasteiger partial charge in [0.25, 0.3) is 0 Å². The Kier molecular flexibility index (Phi) is 5.36. The molecule has 1 heterocycles. The zero-order valence-electron chi connectivity index (χ0n) is 10.4. The summed E-state index contributed by atoms with van der Waals surface area (Å²) in [7, 11) is -3.09. The minimum atomic E-state index is -5.83. The zero-order valence-corrected chi connectivity index (χ0v) is 11.2. The van der Waals surface area contributed by atoms with Gasteiger partial charge in [-0.25, -0.2) is 8.42 Å². The molecule has 4 nitrogen and oxygen atoms in total. The molecule has 10 heteroatoms. The monoisotopic (exact) mass is 326 g/mol. The normalized spacial score (nSPS) is 22.7. The van der Waals surface area contributed by atoms with Gasteiger partial charge in [0.15, 0.2) is 0 Å². The second-order valence-electron chi connectivity index (χ2n) is 4.81. The van der Waals surface area contributed by atoms with Gasteiger partial charge in [0.1, 0.15) is 9.84 Å². The highest BCUT2D eigenvalue weighted by molar-refractivity contribution is 7.91. The molecule has 0 spiro atoms. The van der Waals surface area contributed by atoms with E-state index in [1.807, 2.05) is 0 Å². The van der Waals surface area contributed by atoms with E-state index in [4.69, 9.17) is 0 Å². The van der Waals surface area contributed by atoms with E-state index in [-0.39, 0.29) is 36.7 Å². The van der Waals surface area contributed by atoms with Crippen LogP contribution in [-0.2, 0) is 14.6 Å². The number of rotatable bonds is 5. The van der Waals surface area contributed by atoms with Crippen LogP contribution in [0.3, 0.4) is 0 Å². The van der Waals surface area contributed by atoms with Crippen molar-refractivity contribution in [3.8, 4) is 0 Å². The van der Waals surface area contributed by atoms with E-state index in [2.05, 4.69) is 4.74 Å². The third-order valence-electron chi connectivity index (χ3n) is 3.07. The molecule has 1 unspecified atom stereocenters. The van der Waals surface area contributed by atoms with Crippen LogP contribution in [0.15, 0.2) is 0 Å². The molecule has 0 aliphatic carbocycles. The lowest BCUT2D eigenvalue weighted by atomic mass is 9.96. The zero-order chi connectivity index (χ0) is 15.6. The van der Waals surface area contributed by atoms with Crippen molar-refractivity contribution in [2.24, 2.45) is 5.92 Å². The van der Waals surface area contributed by atoms with Gasteiger partial charge in [0.2, 0.25) is 0 Å². The van der Waals surface area contributed by atoms with E-state index >= 15 is 0 Å². The van der Waals surface area contributed by atoms with Gasteiger partial charge in [-0.2, -0.15) is 22.0 Å². The van der Waals surface area contributed by atoms with Gasteiger partial charge < -0.3 is 9.84 Å². The van der Waals surface area contributed by atoms with Crippen LogP contribution < -0.4 is 0 Å². The lowest BCUT2D eigenvalue weighted by molar-refractivity contribution is -0.394. The van der Waals surface area contributed by atoms with E-state index in [0.717, 1.165) is 0 Å². The molecular weight excluding hydrogens is 311 g/mol. The van der Waals surface area contributed by atoms with Crippen molar-refractivity contribution in [3.05, 3.63) is 0 Å². The summed E-state index contributed by atoms with van der Waals surface area (Å²) in [4.78, 5) is 0. The van der Waals surface area contributed by atoms with Crippen LogP contribution in [0.4, 0.5) is 22.0 Å². The fraction of sp³-hybridized carbons (Fsp3) is 1.00. The maximum absolute atomic E-state index is 12.4. The SMILES string of the molecule is O=S1(=O)CCC(CC(O)COC(F)(F)C(F)(F)F)CC1. The van der Waals surface area contributed by atoms with Gasteiger partial charge >= 0.3 is 12.3 Å². The summed E-state index contributed by atoms with van der Waals surface area (Å²) in [5.74, 6) is -0.356. The Bertz CT molecular complexity index is 406. The largest absolute Gasteiger partial charge is 0.482 e. The Labute approximate surface area is 112 Å². The third kappa shape index (κ3) is 5.13. The molecule has 0 amide bonds. The van der Waals surface area contributed by atoms with Crippen LogP contribution in [0.25, 0.3) is 0 Å². The number of ether oxygens (including phenoxy) is 1. The molecular formula is C10H15F5O4S. The van der Waals surface area contributed by atoms with Crippen molar-refractivity contribution >= 4 is 9.84 Å². The summed E-state index contributed by atoms with van der Waals surface area (Å²) >= 11 is 0. The Morgan fingerprint density at radius 2 is 1.65 bits per heavy atom. The van der Waals surface area contributed by atoms with Gasteiger partial charge in [-0.1, -0.05) is 0 Å². The number of hydrogen-bond acceptors (Lipinski definition) is 4. The van der Waals surface area contributed by atoms with Crippen LogP contribution >= 0.6 is 0 Å². The minimum absolute atomic E-state index is 0.0655. The van der Waals surface area contributed by atoms with Crippen molar-refractivity contribution in [1.82, 2.24) is 0 Å². The van der Waals surface area contributed by atoms with Gasteiger partial charge in [-0.05, 0) is 25.2 Å². The quantitative estimate of drug-likeness (QED) is 0.782. The van der Waals surface area contributed by atoms with Crippen molar-refractivity contribution in [2.45, 2.75) is 37.7 Å². The second-order valence-corrected chi connectivity index (χ2v) is 7.11. The standard InChI is InChI=1S/C10H15F5O4S/c11-9(12,13)10(14,15)19-6-8(16)5-7-1-3-20(17,18)4-2-7/h7-8,16H,1-6H2. The molecule has 120 valence electrons. The van der Waals surface area contributed by atoms with E-state index in [9.17, 15) is 35.5 Å². The number of halogens is 5. The molecule has 1 N–H and O–H groups in total. The Hall–Kier alpha value is -0.480. The lowest BCUT2D eigenvalue weighted by Crippen LogP contribution is -2.41. The predicted octanol–water partition coefficient (Wildman–Crippen LogP) is 1.73. The smallest absolute Gasteiger partial charge is 0.391 e. The predicted molar refractivity (Wildman–Crippen MR) is 59.0 cm³/mol. The van der Waals surface area contributed by atoms with Crippen LogP contribution in [-0.4, -0.2) is 50.0 Å². The first-order valence-electron chi connectivity index (χ1n) is 5.90.